The molecule has 32 heavy (non-hydrogen) atoms. The van der Waals surface area contributed by atoms with Crippen LogP contribution in [0.5, 0.6) is 0 Å². The zero-order valence-electron chi connectivity index (χ0n) is 18.0. The topological polar surface area (TPSA) is 79.7 Å². The number of ether oxygens (including phenoxy) is 1. The maximum absolute atomic E-state index is 13.1. The van der Waals surface area contributed by atoms with Crippen LogP contribution < -0.4 is 5.32 Å². The zero-order valence-corrected chi connectivity index (χ0v) is 18.0. The molecule has 1 aromatic carbocycles. The smallest absolute Gasteiger partial charge is 0.418 e. The van der Waals surface area contributed by atoms with Crippen LogP contribution in [0.3, 0.4) is 0 Å². The molecule has 0 radical (unpaired) electrons. The molecule has 2 aromatic rings. The van der Waals surface area contributed by atoms with E-state index in [-0.39, 0.29) is 12.2 Å². The number of nitrogens with zero attached hydrogens (tertiary/aromatic N) is 4. The second-order valence-corrected chi connectivity index (χ2v) is 7.52. The number of benzene rings is 1. The Morgan fingerprint density at radius 2 is 1.78 bits per heavy atom. The average Bonchev–Trinajstić information content (AvgIpc) is 3.09. The Labute approximate surface area is 183 Å². The molecule has 1 aliphatic rings. The van der Waals surface area contributed by atoms with Gasteiger partial charge in [0.1, 0.15) is 5.56 Å². The van der Waals surface area contributed by atoms with Crippen LogP contribution in [-0.2, 0) is 22.4 Å². The highest BCUT2D eigenvalue weighted by atomic mass is 19.4. The van der Waals surface area contributed by atoms with Crippen LogP contribution in [0.15, 0.2) is 30.5 Å². The van der Waals surface area contributed by atoms with Gasteiger partial charge in [0.05, 0.1) is 36.8 Å². The molecule has 1 fully saturated rings. The summed E-state index contributed by atoms with van der Waals surface area (Å²) in [5.74, 6) is -0.892. The lowest BCUT2D eigenvalue weighted by molar-refractivity contribution is -0.137. The maximum Gasteiger partial charge on any atom is 0.418 e. The summed E-state index contributed by atoms with van der Waals surface area (Å²) in [4.78, 5) is 28.2. The van der Waals surface area contributed by atoms with Gasteiger partial charge in [0, 0.05) is 32.4 Å². The van der Waals surface area contributed by atoms with Crippen molar-refractivity contribution >= 4 is 17.6 Å². The Morgan fingerprint density at radius 1 is 1.12 bits per heavy atom. The van der Waals surface area contributed by atoms with Crippen molar-refractivity contribution < 1.29 is 27.5 Å². The first-order valence-corrected chi connectivity index (χ1v) is 10.3. The van der Waals surface area contributed by atoms with E-state index in [4.69, 9.17) is 4.74 Å². The Balaban J connectivity index is 1.49. The monoisotopic (exact) mass is 453 g/mol. The number of aromatic nitrogens is 2. The third-order valence-electron chi connectivity index (χ3n) is 5.13. The van der Waals surface area contributed by atoms with Crippen molar-refractivity contribution in [1.82, 2.24) is 19.6 Å². The Hall–Kier alpha value is -2.92. The number of para-hydroxylation sites is 1. The number of hydrogen-bond acceptors (Lipinski definition) is 6. The van der Waals surface area contributed by atoms with Gasteiger partial charge in [-0.1, -0.05) is 12.1 Å². The first kappa shape index (κ1) is 23.7. The summed E-state index contributed by atoms with van der Waals surface area (Å²) in [7, 11) is 0. The summed E-state index contributed by atoms with van der Waals surface area (Å²) in [6.07, 6.45) is -2.88. The van der Waals surface area contributed by atoms with Crippen molar-refractivity contribution in [2.75, 3.05) is 44.6 Å². The zero-order chi connectivity index (χ0) is 23.3. The minimum Gasteiger partial charge on any atom is -0.462 e. The number of amides is 1. The summed E-state index contributed by atoms with van der Waals surface area (Å²) in [5, 5.41) is 6.73. The van der Waals surface area contributed by atoms with Gasteiger partial charge in [0.15, 0.2) is 0 Å². The van der Waals surface area contributed by atoms with Gasteiger partial charge in [-0.05, 0) is 26.0 Å². The molecule has 0 unspecified atom stereocenters. The summed E-state index contributed by atoms with van der Waals surface area (Å²) in [5.41, 5.74) is -0.0795. The van der Waals surface area contributed by atoms with Crippen LogP contribution >= 0.6 is 0 Å². The van der Waals surface area contributed by atoms with E-state index in [0.29, 0.717) is 50.7 Å². The van der Waals surface area contributed by atoms with Crippen molar-refractivity contribution in [2.45, 2.75) is 26.7 Å². The van der Waals surface area contributed by atoms with Crippen molar-refractivity contribution in [3.05, 3.63) is 47.3 Å². The molecular weight excluding hydrogens is 427 g/mol. The van der Waals surface area contributed by atoms with Gasteiger partial charge in [-0.3, -0.25) is 19.3 Å². The van der Waals surface area contributed by atoms with Gasteiger partial charge in [0.25, 0.3) is 0 Å². The molecule has 11 heteroatoms. The Bertz CT molecular complexity index is 952. The number of hydrogen-bond donors (Lipinski definition) is 1. The van der Waals surface area contributed by atoms with Gasteiger partial charge in [0.2, 0.25) is 5.91 Å². The maximum atomic E-state index is 13.1. The number of rotatable bonds is 7. The van der Waals surface area contributed by atoms with Gasteiger partial charge >= 0.3 is 12.1 Å². The van der Waals surface area contributed by atoms with Crippen LogP contribution in [-0.4, -0.2) is 70.8 Å². The number of piperazine rings is 1. The normalized spacial score (nSPS) is 15.5. The number of aryl methyl sites for hydroxylation is 1. The van der Waals surface area contributed by atoms with E-state index in [0.717, 1.165) is 6.07 Å². The average molecular weight is 453 g/mol. The van der Waals surface area contributed by atoms with Crippen LogP contribution in [0.1, 0.15) is 28.5 Å². The van der Waals surface area contributed by atoms with Gasteiger partial charge in [-0.15, -0.1) is 0 Å². The number of anilines is 1. The first-order valence-electron chi connectivity index (χ1n) is 10.3. The first-order chi connectivity index (χ1) is 15.2. The highest BCUT2D eigenvalue weighted by molar-refractivity contribution is 5.93. The number of carbonyl (C=O) groups excluding carboxylic acids is 2. The molecule has 1 aromatic heterocycles. The lowest BCUT2D eigenvalue weighted by atomic mass is 10.1. The van der Waals surface area contributed by atoms with E-state index >= 15 is 0 Å². The fourth-order valence-corrected chi connectivity index (χ4v) is 3.53. The molecule has 1 amide bonds. The van der Waals surface area contributed by atoms with Gasteiger partial charge in [-0.25, -0.2) is 4.79 Å². The van der Waals surface area contributed by atoms with E-state index in [2.05, 4.69) is 15.3 Å². The minimum absolute atomic E-state index is 0.00785. The number of carbonyl (C=O) groups is 2. The third-order valence-corrected chi connectivity index (χ3v) is 5.13. The van der Waals surface area contributed by atoms with Crippen LogP contribution in [0.4, 0.5) is 18.9 Å². The molecule has 1 saturated heterocycles. The van der Waals surface area contributed by atoms with E-state index in [9.17, 15) is 22.8 Å². The summed E-state index contributed by atoms with van der Waals surface area (Å²) >= 11 is 0. The lowest BCUT2D eigenvalue weighted by Gasteiger charge is -2.34. The van der Waals surface area contributed by atoms with E-state index in [1.54, 1.807) is 24.7 Å². The van der Waals surface area contributed by atoms with Crippen molar-refractivity contribution in [1.29, 1.82) is 0 Å². The summed E-state index contributed by atoms with van der Waals surface area (Å²) in [6, 6.07) is 4.93. The standard InChI is InChI=1S/C21H26F3N5O3/c1-3-32-20(31)16-12-29(26-15(16)2)14-28-10-8-27(9-11-28)13-19(30)25-18-7-5-4-6-17(18)21(22,23)24/h4-7,12H,3,8-11,13-14H2,1-2H3,(H,25,30). The van der Waals surface area contributed by atoms with Crippen LogP contribution in [0.25, 0.3) is 0 Å². The third kappa shape index (κ3) is 6.07. The molecule has 1 aliphatic heterocycles. The molecule has 0 spiro atoms. The molecule has 3 rings (SSSR count). The van der Waals surface area contributed by atoms with Gasteiger partial charge < -0.3 is 10.1 Å². The predicted octanol–water partition coefficient (Wildman–Crippen LogP) is 2.60. The predicted molar refractivity (Wildman–Crippen MR) is 111 cm³/mol. The van der Waals surface area contributed by atoms with Crippen molar-refractivity contribution in [3.8, 4) is 0 Å². The van der Waals surface area contributed by atoms with Gasteiger partial charge in [-0.2, -0.15) is 18.3 Å². The highest BCUT2D eigenvalue weighted by Crippen LogP contribution is 2.34. The van der Waals surface area contributed by atoms with Crippen LogP contribution in [0, 0.1) is 6.92 Å². The second-order valence-electron chi connectivity index (χ2n) is 7.52. The molecule has 0 atom stereocenters. The second kappa shape index (κ2) is 10.1. The van der Waals surface area contributed by atoms with Crippen LogP contribution in [0.2, 0.25) is 0 Å². The summed E-state index contributed by atoms with van der Waals surface area (Å²) in [6.45, 7) is 6.75. The quantitative estimate of drug-likeness (QED) is 0.650. The SMILES string of the molecule is CCOC(=O)c1cn(CN2CCN(CC(=O)Nc3ccccc3C(F)(F)F)CC2)nc1C. The van der Waals surface area contributed by atoms with E-state index in [1.807, 2.05) is 4.90 Å². The molecular formula is C21H26F3N5O3. The lowest BCUT2D eigenvalue weighted by Crippen LogP contribution is -2.48. The molecule has 174 valence electrons. The minimum atomic E-state index is -4.53. The van der Waals surface area contributed by atoms with Crippen molar-refractivity contribution in [3.63, 3.8) is 0 Å². The fraction of sp³-hybridized carbons (Fsp3) is 0.476. The Kier molecular flexibility index (Phi) is 7.52. The number of nitrogens with one attached hydrogen (secondary N) is 1. The molecule has 8 nitrogen and oxygen atoms in total. The number of halogens is 3. The molecule has 0 saturated carbocycles. The Morgan fingerprint density at radius 3 is 2.44 bits per heavy atom. The van der Waals surface area contributed by atoms with Crippen molar-refractivity contribution in [2.24, 2.45) is 0 Å². The highest BCUT2D eigenvalue weighted by Gasteiger charge is 2.33. The van der Waals surface area contributed by atoms with E-state index in [1.165, 1.54) is 18.2 Å². The fourth-order valence-electron chi connectivity index (χ4n) is 3.53. The van der Waals surface area contributed by atoms with E-state index < -0.39 is 23.6 Å². The number of alkyl halides is 3. The number of esters is 1. The molecule has 1 N–H and O–H groups in total. The summed E-state index contributed by atoms with van der Waals surface area (Å²) < 4.78 is 46.0. The molecule has 2 heterocycles. The molecule has 0 aliphatic carbocycles. The molecule has 0 bridgehead atoms. The largest absolute Gasteiger partial charge is 0.462 e.